The zero-order chi connectivity index (χ0) is 19.5. The van der Waals surface area contributed by atoms with Crippen LogP contribution in [0.4, 0.5) is 0 Å². The number of aromatic amines is 1. The van der Waals surface area contributed by atoms with Crippen molar-refractivity contribution in [1.82, 2.24) is 20.0 Å². The highest BCUT2D eigenvalue weighted by Crippen LogP contribution is 2.26. The smallest absolute Gasteiger partial charge is 0.275 e. The molecule has 1 saturated heterocycles. The van der Waals surface area contributed by atoms with Gasteiger partial charge in [-0.25, -0.2) is 0 Å². The molecule has 28 heavy (non-hydrogen) atoms. The number of nitrogens with one attached hydrogen (secondary N) is 1. The third-order valence-electron chi connectivity index (χ3n) is 5.21. The van der Waals surface area contributed by atoms with E-state index in [0.29, 0.717) is 18.8 Å². The molecule has 7 heteroatoms. The number of aromatic nitrogens is 2. The Morgan fingerprint density at radius 3 is 2.61 bits per heavy atom. The van der Waals surface area contributed by atoms with Crippen LogP contribution >= 0.6 is 0 Å². The van der Waals surface area contributed by atoms with Gasteiger partial charge in [0.1, 0.15) is 11.5 Å². The van der Waals surface area contributed by atoms with E-state index in [1.165, 1.54) is 0 Å². The first-order valence-electron chi connectivity index (χ1n) is 9.35. The highest BCUT2D eigenvalue weighted by Gasteiger charge is 2.25. The molecular weight excluding hydrogens is 356 g/mol. The van der Waals surface area contributed by atoms with Crippen LogP contribution in [0.2, 0.25) is 0 Å². The summed E-state index contributed by atoms with van der Waals surface area (Å²) >= 11 is 0. The minimum absolute atomic E-state index is 0.0175. The van der Waals surface area contributed by atoms with Crippen molar-refractivity contribution in [2.45, 2.75) is 6.54 Å². The maximum absolute atomic E-state index is 12.9. The second-order valence-corrected chi connectivity index (χ2v) is 6.86. The summed E-state index contributed by atoms with van der Waals surface area (Å²) in [5.74, 6) is 1.65. The molecule has 2 heterocycles. The fourth-order valence-electron chi connectivity index (χ4n) is 3.63. The topological polar surface area (TPSA) is 70.7 Å². The molecule has 2 aromatic carbocycles. The average Bonchev–Trinajstić information content (AvgIpc) is 3.18. The van der Waals surface area contributed by atoms with E-state index in [-0.39, 0.29) is 5.91 Å². The van der Waals surface area contributed by atoms with Crippen LogP contribution in [0.3, 0.4) is 0 Å². The monoisotopic (exact) mass is 380 g/mol. The van der Waals surface area contributed by atoms with Crippen LogP contribution in [0.5, 0.6) is 11.5 Å². The number of para-hydroxylation sites is 1. The van der Waals surface area contributed by atoms with Crippen molar-refractivity contribution in [3.05, 3.63) is 53.7 Å². The number of carbonyl (C=O) groups is 1. The lowest BCUT2D eigenvalue weighted by Crippen LogP contribution is -2.48. The molecule has 1 amide bonds. The number of fused-ring (bicyclic) bond motifs is 1. The quantitative estimate of drug-likeness (QED) is 0.737. The Hall–Kier alpha value is -3.06. The third kappa shape index (κ3) is 3.53. The molecule has 1 aliphatic heterocycles. The van der Waals surface area contributed by atoms with Crippen LogP contribution in [-0.2, 0) is 6.54 Å². The van der Waals surface area contributed by atoms with Gasteiger partial charge in [-0.2, -0.15) is 5.10 Å². The first-order valence-corrected chi connectivity index (χ1v) is 9.35. The Morgan fingerprint density at radius 2 is 1.86 bits per heavy atom. The summed E-state index contributed by atoms with van der Waals surface area (Å²) < 4.78 is 10.8. The number of rotatable bonds is 5. The Kier molecular flexibility index (Phi) is 5.16. The van der Waals surface area contributed by atoms with E-state index in [0.717, 1.165) is 47.6 Å². The molecule has 0 aliphatic carbocycles. The van der Waals surface area contributed by atoms with Crippen LogP contribution < -0.4 is 9.47 Å². The molecule has 1 N–H and O–H groups in total. The molecule has 3 aromatic rings. The van der Waals surface area contributed by atoms with Crippen molar-refractivity contribution in [3.8, 4) is 11.5 Å². The van der Waals surface area contributed by atoms with E-state index >= 15 is 0 Å². The van der Waals surface area contributed by atoms with Crippen molar-refractivity contribution < 1.29 is 14.3 Å². The number of benzene rings is 2. The first-order chi connectivity index (χ1) is 13.7. The van der Waals surface area contributed by atoms with E-state index in [1.807, 2.05) is 47.4 Å². The number of hydrogen-bond donors (Lipinski definition) is 1. The van der Waals surface area contributed by atoms with E-state index in [9.17, 15) is 4.79 Å². The lowest BCUT2D eigenvalue weighted by atomic mass is 10.1. The standard InChI is InChI=1S/C21H24N4O3/c1-27-16-7-8-19(28-2)15(13-16)14-24-9-11-25(12-10-24)21(26)20-17-5-3-4-6-18(17)22-23-20/h3-8,13H,9-12,14H2,1-2H3,(H,22,23). The van der Waals surface area contributed by atoms with Crippen molar-refractivity contribution >= 4 is 16.8 Å². The summed E-state index contributed by atoms with van der Waals surface area (Å²) in [4.78, 5) is 17.1. The Balaban J connectivity index is 1.42. The van der Waals surface area contributed by atoms with Gasteiger partial charge >= 0.3 is 0 Å². The van der Waals surface area contributed by atoms with Gasteiger partial charge in [-0.3, -0.25) is 14.8 Å². The Morgan fingerprint density at radius 1 is 1.07 bits per heavy atom. The molecular formula is C21H24N4O3. The number of H-pyrrole nitrogens is 1. The van der Waals surface area contributed by atoms with Crippen molar-refractivity contribution in [3.63, 3.8) is 0 Å². The SMILES string of the molecule is COc1ccc(OC)c(CN2CCN(C(=O)c3n[nH]c4ccccc34)CC2)c1. The van der Waals surface area contributed by atoms with Crippen molar-refractivity contribution in [2.75, 3.05) is 40.4 Å². The summed E-state index contributed by atoms with van der Waals surface area (Å²) in [6.45, 7) is 3.70. The van der Waals surface area contributed by atoms with Gasteiger partial charge in [-0.05, 0) is 24.3 Å². The predicted octanol–water partition coefficient (Wildman–Crippen LogP) is 2.54. The largest absolute Gasteiger partial charge is 0.497 e. The number of nitrogens with zero attached hydrogens (tertiary/aromatic N) is 3. The lowest BCUT2D eigenvalue weighted by molar-refractivity contribution is 0.0623. The molecule has 0 atom stereocenters. The van der Waals surface area contributed by atoms with Gasteiger partial charge in [0.25, 0.3) is 5.91 Å². The summed E-state index contributed by atoms with van der Waals surface area (Å²) in [5, 5.41) is 8.05. The van der Waals surface area contributed by atoms with Gasteiger partial charge in [0.15, 0.2) is 5.69 Å². The van der Waals surface area contributed by atoms with Gasteiger partial charge in [0.2, 0.25) is 0 Å². The van der Waals surface area contributed by atoms with Gasteiger partial charge in [-0.1, -0.05) is 18.2 Å². The van der Waals surface area contributed by atoms with E-state index in [2.05, 4.69) is 15.1 Å². The summed E-state index contributed by atoms with van der Waals surface area (Å²) in [6.07, 6.45) is 0. The lowest BCUT2D eigenvalue weighted by Gasteiger charge is -2.34. The predicted molar refractivity (Wildman–Crippen MR) is 107 cm³/mol. The molecule has 0 bridgehead atoms. The number of ether oxygens (including phenoxy) is 2. The zero-order valence-electron chi connectivity index (χ0n) is 16.1. The number of methoxy groups -OCH3 is 2. The molecule has 0 radical (unpaired) electrons. The number of hydrogen-bond acceptors (Lipinski definition) is 5. The molecule has 1 aliphatic rings. The molecule has 0 saturated carbocycles. The Labute approximate surface area is 163 Å². The van der Waals surface area contributed by atoms with Crippen LogP contribution in [0.1, 0.15) is 16.1 Å². The fourth-order valence-corrected chi connectivity index (χ4v) is 3.63. The molecule has 7 nitrogen and oxygen atoms in total. The molecule has 0 unspecified atom stereocenters. The van der Waals surface area contributed by atoms with Gasteiger partial charge in [0, 0.05) is 43.7 Å². The number of amides is 1. The highest BCUT2D eigenvalue weighted by molar-refractivity contribution is 6.04. The van der Waals surface area contributed by atoms with Gasteiger partial charge in [0.05, 0.1) is 19.7 Å². The van der Waals surface area contributed by atoms with Crippen molar-refractivity contribution in [1.29, 1.82) is 0 Å². The molecule has 1 aromatic heterocycles. The fraction of sp³-hybridized carbons (Fsp3) is 0.333. The molecule has 146 valence electrons. The van der Waals surface area contributed by atoms with Gasteiger partial charge < -0.3 is 14.4 Å². The highest BCUT2D eigenvalue weighted by atomic mass is 16.5. The number of piperazine rings is 1. The second-order valence-electron chi connectivity index (χ2n) is 6.86. The van der Waals surface area contributed by atoms with E-state index < -0.39 is 0 Å². The Bertz CT molecular complexity index is 977. The molecule has 0 spiro atoms. The van der Waals surface area contributed by atoms with E-state index in [4.69, 9.17) is 9.47 Å². The maximum Gasteiger partial charge on any atom is 0.275 e. The minimum atomic E-state index is -0.0175. The summed E-state index contributed by atoms with van der Waals surface area (Å²) in [6, 6.07) is 13.5. The first kappa shape index (κ1) is 18.3. The zero-order valence-corrected chi connectivity index (χ0v) is 16.1. The average molecular weight is 380 g/mol. The summed E-state index contributed by atoms with van der Waals surface area (Å²) in [7, 11) is 3.34. The van der Waals surface area contributed by atoms with Gasteiger partial charge in [-0.15, -0.1) is 0 Å². The van der Waals surface area contributed by atoms with Crippen LogP contribution in [0.25, 0.3) is 10.9 Å². The van der Waals surface area contributed by atoms with Crippen molar-refractivity contribution in [2.24, 2.45) is 0 Å². The normalized spacial score (nSPS) is 15.0. The van der Waals surface area contributed by atoms with E-state index in [1.54, 1.807) is 14.2 Å². The molecule has 1 fully saturated rings. The minimum Gasteiger partial charge on any atom is -0.497 e. The van der Waals surface area contributed by atoms with Crippen LogP contribution in [0, 0.1) is 0 Å². The molecule has 4 rings (SSSR count). The number of carbonyl (C=O) groups excluding carboxylic acids is 1. The van der Waals surface area contributed by atoms with Crippen LogP contribution in [-0.4, -0.2) is 66.3 Å². The summed E-state index contributed by atoms with van der Waals surface area (Å²) in [5.41, 5.74) is 2.47. The third-order valence-corrected chi connectivity index (χ3v) is 5.21. The second kappa shape index (κ2) is 7.90. The maximum atomic E-state index is 12.9. The van der Waals surface area contributed by atoms with Crippen LogP contribution in [0.15, 0.2) is 42.5 Å².